The van der Waals surface area contributed by atoms with E-state index in [0.29, 0.717) is 50.6 Å². The number of aliphatic carboxylic acids is 1. The van der Waals surface area contributed by atoms with Gasteiger partial charge in [0.05, 0.1) is 44.3 Å². The number of imide groups is 1. The molecule has 1 aliphatic heterocycles. The third kappa shape index (κ3) is 30.2. The number of rotatable bonds is 15. The van der Waals surface area contributed by atoms with Crippen LogP contribution in [0, 0.1) is 20.8 Å². The molecule has 1 saturated heterocycles. The number of methoxy groups -OCH3 is 2. The number of hydrogen-bond donors (Lipinski definition) is 5. The van der Waals surface area contributed by atoms with E-state index in [2.05, 4.69) is 25.5 Å². The molecule has 5 aliphatic rings. The number of aliphatic hydroxyl groups excluding tert-OH is 3. The van der Waals surface area contributed by atoms with E-state index in [4.69, 9.17) is 56.3 Å². The summed E-state index contributed by atoms with van der Waals surface area (Å²) in [6.45, 7) is 12.3. The number of Topliss-reactive ketones (excluding diaryl/α,β-unsaturated/α-hetero) is 2. The van der Waals surface area contributed by atoms with Crippen molar-refractivity contribution in [2.75, 3.05) is 40.6 Å². The molecule has 0 spiro atoms. The molecular weight excluding hydrogens is 1160 g/mol. The monoisotopic (exact) mass is 1240 g/mol. The Morgan fingerprint density at radius 3 is 1.81 bits per heavy atom. The molecule has 393 valence electrons. The standard InChI is InChI=1S/C12H18NO4.C10H14O3.C8H16NO.C8H13O2.C6H9ClO.C4H6O5.3Y/c1-2-17-10-6-4-3-5-8(10)13-11(15)7-9(14)12(13)16;1-12-9-4-3-8(5-6-11)7-10(9)13-2;2*1-2-10-8-6-4-3-5-7(8)9;7-5-3-1-2-4-6(5)8;5-2-9-4(8)1-3(6)7;;;/h8-10,14H,1-7H2;3-4,7,11H,5-6H2,1-2H3;7-8H,1-6,9H2;8H,1-6H2;5H,1-4H2;2,4,8H,1H2,(H,6,7);;;/q-1;;2*-1;;;;;/t8-,9-,10-;;7-,8-;;;4-;;;/m1.1..0.../s1. The second kappa shape index (κ2) is 44.8. The molecule has 18 nitrogen and oxygen atoms in total. The molecule has 70 heavy (non-hydrogen) atoms. The molecule has 0 bridgehead atoms. The zero-order chi connectivity index (χ0) is 50.1. The Morgan fingerprint density at radius 2 is 1.34 bits per heavy atom. The molecule has 1 heterocycles. The molecule has 6 rings (SSSR count). The van der Waals surface area contributed by atoms with Crippen molar-refractivity contribution in [3.63, 3.8) is 0 Å². The van der Waals surface area contributed by atoms with Crippen molar-refractivity contribution in [1.82, 2.24) is 4.90 Å². The molecule has 2 unspecified atom stereocenters. The average molecular weight is 1240 g/mol. The van der Waals surface area contributed by atoms with Gasteiger partial charge < -0.3 is 75.4 Å². The fourth-order valence-corrected chi connectivity index (χ4v) is 8.09. The molecule has 6 N–H and O–H groups in total. The maximum absolute atomic E-state index is 11.7. The van der Waals surface area contributed by atoms with Gasteiger partial charge in [0.15, 0.2) is 23.1 Å². The number of hydrogen-bond acceptors (Lipinski definition) is 16. The first-order valence-corrected chi connectivity index (χ1v) is 23.6. The van der Waals surface area contributed by atoms with Gasteiger partial charge in [0, 0.05) is 124 Å². The number of ketones is 2. The molecule has 3 radical (unpaired) electrons. The normalized spacial score (nSPS) is 24.0. The minimum Gasteiger partial charge on any atom is -0.493 e. The summed E-state index contributed by atoms with van der Waals surface area (Å²) < 4.78 is 30.0. The molecule has 0 aromatic heterocycles. The van der Waals surface area contributed by atoms with Crippen molar-refractivity contribution in [3.8, 4) is 11.5 Å². The fraction of sp³-hybridized carbons (Fsp3) is 0.688. The Hall–Kier alpha value is -0.438. The Kier molecular flexibility index (Phi) is 47.3. The number of benzene rings is 1. The number of carbonyl (C=O) groups excluding carboxylic acids is 5. The van der Waals surface area contributed by atoms with Gasteiger partial charge >= 0.3 is 5.97 Å². The Morgan fingerprint density at radius 1 is 0.800 bits per heavy atom. The number of nitrogens with zero attached hydrogens (tertiary/aromatic N) is 1. The van der Waals surface area contributed by atoms with Crippen LogP contribution in [0.2, 0.25) is 0 Å². The smallest absolute Gasteiger partial charge is 0.309 e. The van der Waals surface area contributed by atoms with E-state index in [-0.39, 0.29) is 171 Å². The van der Waals surface area contributed by atoms with E-state index < -0.39 is 30.7 Å². The van der Waals surface area contributed by atoms with Crippen LogP contribution >= 0.6 is 11.6 Å². The fourth-order valence-electron chi connectivity index (χ4n) is 7.82. The van der Waals surface area contributed by atoms with Gasteiger partial charge in [0.25, 0.3) is 12.4 Å². The summed E-state index contributed by atoms with van der Waals surface area (Å²) in [7, 11) is 3.20. The summed E-state index contributed by atoms with van der Waals surface area (Å²) in [6.07, 6.45) is 13.2. The molecule has 4 saturated carbocycles. The molecule has 1 aromatic carbocycles. The predicted octanol–water partition coefficient (Wildman–Crippen LogP) is 4.64. The average Bonchev–Trinajstić information content (AvgIpc) is 3.56. The van der Waals surface area contributed by atoms with E-state index in [1.54, 1.807) is 14.2 Å². The number of likely N-dealkylation sites (tertiary alicyclic amines) is 1. The third-order valence-corrected chi connectivity index (χ3v) is 11.7. The predicted molar refractivity (Wildman–Crippen MR) is 249 cm³/mol. The van der Waals surface area contributed by atoms with Gasteiger partial charge in [-0.05, 0) is 81.9 Å². The van der Waals surface area contributed by atoms with Crippen LogP contribution < -0.4 is 15.2 Å². The van der Waals surface area contributed by atoms with Crippen LogP contribution in [0.3, 0.4) is 0 Å². The molecule has 22 heteroatoms. The zero-order valence-electron chi connectivity index (χ0n) is 41.1. The van der Waals surface area contributed by atoms with Gasteiger partial charge in [-0.25, -0.2) is 0 Å². The molecule has 2 amide bonds. The molecule has 1 aromatic rings. The maximum Gasteiger partial charge on any atom is 0.309 e. The minimum atomic E-state index is -1.53. The summed E-state index contributed by atoms with van der Waals surface area (Å²) in [4.78, 5) is 65.5. The van der Waals surface area contributed by atoms with Crippen LogP contribution in [0.15, 0.2) is 18.2 Å². The molecule has 5 fully saturated rings. The van der Waals surface area contributed by atoms with Crippen molar-refractivity contribution < 1.29 is 176 Å². The third-order valence-electron chi connectivity index (χ3n) is 11.3. The van der Waals surface area contributed by atoms with Gasteiger partial charge in [-0.3, -0.25) is 33.7 Å². The van der Waals surface area contributed by atoms with Gasteiger partial charge in [-0.15, -0.1) is 11.6 Å². The summed E-state index contributed by atoms with van der Waals surface area (Å²) in [5.74, 6) is -0.0681. The van der Waals surface area contributed by atoms with E-state index in [0.717, 1.165) is 82.6 Å². The zero-order valence-corrected chi connectivity index (χ0v) is 50.4. The molecule has 4 aliphatic carbocycles. The van der Waals surface area contributed by atoms with E-state index in [1.165, 1.54) is 17.7 Å². The van der Waals surface area contributed by atoms with Crippen LogP contribution in [0.1, 0.15) is 121 Å². The number of amides is 2. The van der Waals surface area contributed by atoms with Crippen LogP contribution in [0.25, 0.3) is 0 Å². The Labute approximate surface area is 495 Å². The topological polar surface area (TPSA) is 268 Å². The first-order chi connectivity index (χ1) is 32.1. The van der Waals surface area contributed by atoms with Crippen molar-refractivity contribution in [2.45, 2.75) is 170 Å². The van der Waals surface area contributed by atoms with Crippen molar-refractivity contribution >= 4 is 47.4 Å². The Bertz CT molecular complexity index is 1600. The SMILES string of the molecule is COc1ccc(CCO)cc1OC.O=C1CCCCC1Cl.O=CO[C@H](O)CC(=O)O.[CH2-]COC1CCCCC1=O.[CH2-]CO[C@@H]1CCCC[C@H]1N.[CH2-]CO[C@@H]1CCCC[C@H]1N1C(=O)C[C@@H](O)C1=O.[Y].[Y].[Y]. The summed E-state index contributed by atoms with van der Waals surface area (Å²) in [5.41, 5.74) is 6.85. The first-order valence-electron chi connectivity index (χ1n) is 23.1. The number of carboxylic acids is 1. The summed E-state index contributed by atoms with van der Waals surface area (Å²) >= 11 is 5.62. The number of alkyl halides is 1. The number of carbonyl (C=O) groups is 6. The van der Waals surface area contributed by atoms with Gasteiger partial charge in [0.2, 0.25) is 12.2 Å². The quantitative estimate of drug-likeness (QED) is 0.0526. The number of halogens is 1. The van der Waals surface area contributed by atoms with E-state index in [1.807, 2.05) is 18.2 Å². The van der Waals surface area contributed by atoms with Crippen LogP contribution in [0.4, 0.5) is 0 Å². The van der Waals surface area contributed by atoms with Crippen molar-refractivity contribution in [1.29, 1.82) is 0 Å². The van der Waals surface area contributed by atoms with E-state index >= 15 is 0 Å². The minimum absolute atomic E-state index is 0. The van der Waals surface area contributed by atoms with Crippen LogP contribution in [-0.4, -0.2) is 150 Å². The van der Waals surface area contributed by atoms with Gasteiger partial charge in [0.1, 0.15) is 18.6 Å². The number of ether oxygens (including phenoxy) is 6. The van der Waals surface area contributed by atoms with Crippen LogP contribution in [-0.2, 0) is 152 Å². The largest absolute Gasteiger partial charge is 0.493 e. The van der Waals surface area contributed by atoms with Gasteiger partial charge in [-0.2, -0.15) is 0 Å². The number of nitrogens with two attached hydrogens (primary N) is 1. The van der Waals surface area contributed by atoms with Crippen molar-refractivity contribution in [2.24, 2.45) is 5.73 Å². The molecule has 8 atom stereocenters. The van der Waals surface area contributed by atoms with E-state index in [9.17, 15) is 33.9 Å². The Balaban J connectivity index is -0.000000778. The second-order valence-electron chi connectivity index (χ2n) is 16.1. The summed E-state index contributed by atoms with van der Waals surface area (Å²) in [6, 6.07) is 5.66. The molecular formula is C48H76ClN2O16Y3-3. The number of carboxylic acid groups (broad SMARTS) is 1. The second-order valence-corrected chi connectivity index (χ2v) is 16.7. The van der Waals surface area contributed by atoms with Crippen LogP contribution in [0.5, 0.6) is 11.5 Å². The number of aliphatic hydroxyl groups is 3. The first kappa shape index (κ1) is 73.8. The van der Waals surface area contributed by atoms with Crippen molar-refractivity contribution in [3.05, 3.63) is 44.5 Å². The van der Waals surface area contributed by atoms with Gasteiger partial charge in [-0.1, -0.05) is 58.0 Å². The summed E-state index contributed by atoms with van der Waals surface area (Å²) in [5, 5.41) is 34.3. The maximum atomic E-state index is 11.7.